The largest absolute Gasteiger partial charge is 0.454 e. The van der Waals surface area contributed by atoms with Crippen molar-refractivity contribution in [1.29, 1.82) is 0 Å². The summed E-state index contributed by atoms with van der Waals surface area (Å²) in [4.78, 5) is 48.4. The van der Waals surface area contributed by atoms with Gasteiger partial charge in [0.25, 0.3) is 17.7 Å². The highest BCUT2D eigenvalue weighted by atomic mass is 16.5. The number of amides is 3. The molecule has 2 aromatic rings. The Hall–Kier alpha value is -3.68. The number of carbonyl (C=O) groups is 4. The molecule has 1 aliphatic carbocycles. The lowest BCUT2D eigenvalue weighted by molar-refractivity contribution is -0.146. The van der Waals surface area contributed by atoms with Crippen molar-refractivity contribution < 1.29 is 23.9 Å². The molecule has 0 atom stereocenters. The third-order valence-corrected chi connectivity index (χ3v) is 4.88. The number of anilines is 1. The summed E-state index contributed by atoms with van der Waals surface area (Å²) in [7, 11) is 0. The van der Waals surface area contributed by atoms with Gasteiger partial charge < -0.3 is 20.7 Å². The highest BCUT2D eigenvalue weighted by molar-refractivity contribution is 6.04. The van der Waals surface area contributed by atoms with Gasteiger partial charge in [-0.15, -0.1) is 0 Å². The number of nitrogens with one attached hydrogen (secondary N) is 3. The average molecular weight is 423 g/mol. The number of esters is 1. The molecule has 1 fully saturated rings. The fraction of sp³-hybridized carbons (Fsp3) is 0.304. The van der Waals surface area contributed by atoms with E-state index in [1.807, 2.05) is 19.9 Å². The quantitative estimate of drug-likeness (QED) is 0.563. The van der Waals surface area contributed by atoms with Gasteiger partial charge in [-0.05, 0) is 62.1 Å². The van der Waals surface area contributed by atoms with Crippen LogP contribution in [0.1, 0.15) is 44.7 Å². The van der Waals surface area contributed by atoms with Crippen LogP contribution in [0.25, 0.3) is 0 Å². The Labute approximate surface area is 180 Å². The first-order valence-corrected chi connectivity index (χ1v) is 10.0. The third-order valence-electron chi connectivity index (χ3n) is 4.88. The van der Waals surface area contributed by atoms with Crippen LogP contribution >= 0.6 is 0 Å². The number of aryl methyl sites for hydroxylation is 2. The Bertz CT molecular complexity index is 1010. The minimum absolute atomic E-state index is 0.191. The summed E-state index contributed by atoms with van der Waals surface area (Å²) in [5.74, 6) is -1.99. The highest BCUT2D eigenvalue weighted by Crippen LogP contribution is 2.21. The van der Waals surface area contributed by atoms with Crippen molar-refractivity contribution in [1.82, 2.24) is 10.6 Å². The summed E-state index contributed by atoms with van der Waals surface area (Å²) in [6, 6.07) is 12.0. The second kappa shape index (κ2) is 9.88. The minimum Gasteiger partial charge on any atom is -0.454 e. The lowest BCUT2D eigenvalue weighted by atomic mass is 10.1. The molecular weight excluding hydrogens is 398 g/mol. The molecule has 1 saturated carbocycles. The highest BCUT2D eigenvalue weighted by Gasteiger charge is 2.25. The van der Waals surface area contributed by atoms with Crippen LogP contribution in [-0.2, 0) is 14.3 Å². The topological polar surface area (TPSA) is 114 Å². The zero-order valence-electron chi connectivity index (χ0n) is 17.5. The Morgan fingerprint density at radius 3 is 2.42 bits per heavy atom. The van der Waals surface area contributed by atoms with Gasteiger partial charge in [0.1, 0.15) is 6.54 Å². The van der Waals surface area contributed by atoms with Crippen molar-refractivity contribution in [2.45, 2.75) is 32.7 Å². The normalized spacial score (nSPS) is 12.6. The second-order valence-electron chi connectivity index (χ2n) is 7.48. The summed E-state index contributed by atoms with van der Waals surface area (Å²) >= 11 is 0. The van der Waals surface area contributed by atoms with Crippen LogP contribution in [0.2, 0.25) is 0 Å². The number of hydrogen-bond donors (Lipinski definition) is 3. The van der Waals surface area contributed by atoms with Gasteiger partial charge in [0.2, 0.25) is 0 Å². The van der Waals surface area contributed by atoms with Gasteiger partial charge in [0, 0.05) is 11.6 Å². The molecule has 8 heteroatoms. The zero-order chi connectivity index (χ0) is 22.4. The Morgan fingerprint density at radius 2 is 1.71 bits per heavy atom. The maximum absolute atomic E-state index is 12.3. The summed E-state index contributed by atoms with van der Waals surface area (Å²) in [5.41, 5.74) is 3.15. The van der Waals surface area contributed by atoms with Crippen molar-refractivity contribution in [2.75, 3.05) is 18.5 Å². The molecule has 0 aromatic heterocycles. The minimum atomic E-state index is -0.743. The molecule has 0 spiro atoms. The molecule has 8 nitrogen and oxygen atoms in total. The molecule has 3 rings (SSSR count). The molecule has 0 saturated heterocycles. The molecule has 0 radical (unpaired) electrons. The van der Waals surface area contributed by atoms with Crippen molar-refractivity contribution >= 4 is 29.4 Å². The van der Waals surface area contributed by atoms with Crippen molar-refractivity contribution in [3.63, 3.8) is 0 Å². The Kier molecular flexibility index (Phi) is 7.02. The van der Waals surface area contributed by atoms with Gasteiger partial charge in [-0.25, -0.2) is 0 Å². The SMILES string of the molecule is Cc1ccc(C(=O)NCC(=O)OCC(=O)Nc2ccccc2C(=O)NC2CC2)cc1C. The lowest BCUT2D eigenvalue weighted by Crippen LogP contribution is -2.32. The van der Waals surface area contributed by atoms with Crippen LogP contribution in [0.3, 0.4) is 0 Å². The van der Waals surface area contributed by atoms with E-state index in [1.54, 1.807) is 36.4 Å². The van der Waals surface area contributed by atoms with Crippen LogP contribution in [0.15, 0.2) is 42.5 Å². The number of hydrogen-bond acceptors (Lipinski definition) is 5. The molecule has 162 valence electrons. The predicted molar refractivity (Wildman–Crippen MR) is 115 cm³/mol. The molecule has 3 amide bonds. The van der Waals surface area contributed by atoms with E-state index < -0.39 is 24.4 Å². The molecule has 31 heavy (non-hydrogen) atoms. The molecule has 0 aliphatic heterocycles. The van der Waals surface area contributed by atoms with Crippen LogP contribution in [0.4, 0.5) is 5.69 Å². The van der Waals surface area contributed by atoms with Crippen LogP contribution < -0.4 is 16.0 Å². The maximum atomic E-state index is 12.3. The lowest BCUT2D eigenvalue weighted by Gasteiger charge is -2.11. The third kappa shape index (κ3) is 6.40. The fourth-order valence-electron chi connectivity index (χ4n) is 2.80. The van der Waals surface area contributed by atoms with Gasteiger partial charge in [-0.2, -0.15) is 0 Å². The summed E-state index contributed by atoms with van der Waals surface area (Å²) in [5, 5.41) is 7.91. The second-order valence-corrected chi connectivity index (χ2v) is 7.48. The van der Waals surface area contributed by atoms with E-state index in [2.05, 4.69) is 16.0 Å². The Balaban J connectivity index is 1.45. The molecule has 3 N–H and O–H groups in total. The van der Waals surface area contributed by atoms with E-state index in [4.69, 9.17) is 4.74 Å². The molecule has 0 unspecified atom stereocenters. The van der Waals surface area contributed by atoms with E-state index in [9.17, 15) is 19.2 Å². The molecular formula is C23H25N3O5. The van der Waals surface area contributed by atoms with Gasteiger partial charge >= 0.3 is 5.97 Å². The zero-order valence-corrected chi connectivity index (χ0v) is 17.5. The van der Waals surface area contributed by atoms with Crippen molar-refractivity contribution in [3.8, 4) is 0 Å². The summed E-state index contributed by atoms with van der Waals surface area (Å²) in [6.07, 6.45) is 1.91. The smallest absolute Gasteiger partial charge is 0.325 e. The van der Waals surface area contributed by atoms with Crippen LogP contribution in [-0.4, -0.2) is 42.9 Å². The van der Waals surface area contributed by atoms with E-state index >= 15 is 0 Å². The number of para-hydroxylation sites is 1. The van der Waals surface area contributed by atoms with E-state index in [1.165, 1.54) is 0 Å². The van der Waals surface area contributed by atoms with Crippen LogP contribution in [0, 0.1) is 13.8 Å². The van der Waals surface area contributed by atoms with Gasteiger partial charge in [-0.3, -0.25) is 19.2 Å². The number of ether oxygens (including phenoxy) is 1. The first-order chi connectivity index (χ1) is 14.8. The first kappa shape index (κ1) is 22.0. The molecule has 0 heterocycles. The molecule has 2 aromatic carbocycles. The molecule has 1 aliphatic rings. The van der Waals surface area contributed by atoms with Gasteiger partial charge in [0.15, 0.2) is 6.61 Å². The Morgan fingerprint density at radius 1 is 0.968 bits per heavy atom. The van der Waals surface area contributed by atoms with Gasteiger partial charge in [0.05, 0.1) is 11.3 Å². The van der Waals surface area contributed by atoms with E-state index in [-0.39, 0.29) is 18.5 Å². The number of benzene rings is 2. The summed E-state index contributed by atoms with van der Waals surface area (Å²) < 4.78 is 4.91. The van der Waals surface area contributed by atoms with Crippen molar-refractivity contribution in [3.05, 3.63) is 64.7 Å². The first-order valence-electron chi connectivity index (χ1n) is 10.0. The maximum Gasteiger partial charge on any atom is 0.325 e. The fourth-order valence-corrected chi connectivity index (χ4v) is 2.80. The van der Waals surface area contributed by atoms with Crippen LogP contribution in [0.5, 0.6) is 0 Å². The predicted octanol–water partition coefficient (Wildman–Crippen LogP) is 2.11. The summed E-state index contributed by atoms with van der Waals surface area (Å²) in [6.45, 7) is 2.94. The van der Waals surface area contributed by atoms with E-state index in [0.717, 1.165) is 24.0 Å². The number of rotatable bonds is 8. The number of carbonyl (C=O) groups excluding carboxylic acids is 4. The standard InChI is InChI=1S/C23H25N3O5/c1-14-7-8-16(11-15(14)2)22(29)24-12-21(28)31-13-20(27)26-19-6-4-3-5-18(19)23(30)25-17-9-10-17/h3-8,11,17H,9-10,12-13H2,1-2H3,(H,24,29)(H,25,30)(H,26,27). The molecule has 0 bridgehead atoms. The van der Waals surface area contributed by atoms with Crippen molar-refractivity contribution in [2.24, 2.45) is 0 Å². The van der Waals surface area contributed by atoms with Gasteiger partial charge in [-0.1, -0.05) is 18.2 Å². The van der Waals surface area contributed by atoms with E-state index in [0.29, 0.717) is 16.8 Å². The average Bonchev–Trinajstić information content (AvgIpc) is 3.56. The monoisotopic (exact) mass is 423 g/mol.